The molecule has 6 nitrogen and oxygen atoms in total. The molecule has 0 saturated carbocycles. The molecule has 0 bridgehead atoms. The van der Waals surface area contributed by atoms with Gasteiger partial charge in [-0.15, -0.1) is 0 Å². The fourth-order valence-corrected chi connectivity index (χ4v) is 2.79. The van der Waals surface area contributed by atoms with Crippen LogP contribution in [-0.2, 0) is 0 Å². The molecule has 0 radical (unpaired) electrons. The Morgan fingerprint density at radius 3 is 2.76 bits per heavy atom. The summed E-state index contributed by atoms with van der Waals surface area (Å²) in [5, 5.41) is 13.0. The molecular formula is C22H16FN3O3. The molecular weight excluding hydrogens is 373 g/mol. The molecule has 2 N–H and O–H groups in total. The van der Waals surface area contributed by atoms with Gasteiger partial charge in [0.15, 0.2) is 0 Å². The fourth-order valence-electron chi connectivity index (χ4n) is 2.79. The lowest BCUT2D eigenvalue weighted by Crippen LogP contribution is -2.22. The molecule has 4 rings (SSSR count). The van der Waals surface area contributed by atoms with E-state index in [4.69, 9.17) is 4.42 Å². The molecule has 0 aliphatic carbocycles. The van der Waals surface area contributed by atoms with Gasteiger partial charge in [-0.2, -0.15) is 0 Å². The zero-order valence-electron chi connectivity index (χ0n) is 15.4. The van der Waals surface area contributed by atoms with Crippen LogP contribution in [0, 0.1) is 12.7 Å². The van der Waals surface area contributed by atoms with E-state index < -0.39 is 5.91 Å². The van der Waals surface area contributed by atoms with Crippen molar-refractivity contribution >= 4 is 28.4 Å². The first-order valence-electron chi connectivity index (χ1n) is 8.80. The van der Waals surface area contributed by atoms with Gasteiger partial charge in [-0.1, -0.05) is 6.07 Å². The minimum absolute atomic E-state index is 0.0236. The van der Waals surface area contributed by atoms with Crippen LogP contribution in [0.2, 0.25) is 0 Å². The standard InChI is InChI=1S/C22H16FN3O3/c1-13-10-15(6-8-18(13)23)25-22-17(21(28)26-20-4-2-3-9-24-20)11-14-5-7-16(27)12-19(14)29-22/h2-12,27H,1H3,(H,24,26,28). The number of aromatic nitrogens is 1. The van der Waals surface area contributed by atoms with Gasteiger partial charge in [0.25, 0.3) is 5.91 Å². The van der Waals surface area contributed by atoms with Crippen LogP contribution in [0.4, 0.5) is 15.9 Å². The largest absolute Gasteiger partial charge is 0.508 e. The molecule has 0 aliphatic rings. The summed E-state index contributed by atoms with van der Waals surface area (Å²) in [6.07, 6.45) is 1.57. The van der Waals surface area contributed by atoms with Gasteiger partial charge in [-0.05, 0) is 61.0 Å². The number of carbonyl (C=O) groups excluding carboxylic acids is 1. The zero-order chi connectivity index (χ0) is 20.4. The van der Waals surface area contributed by atoms with Crippen molar-refractivity contribution in [2.45, 2.75) is 6.92 Å². The molecule has 0 spiro atoms. The number of amides is 1. The second-order valence-corrected chi connectivity index (χ2v) is 6.40. The van der Waals surface area contributed by atoms with Crippen LogP contribution in [0.15, 0.2) is 76.3 Å². The Morgan fingerprint density at radius 2 is 2.00 bits per heavy atom. The number of hydrogen-bond acceptors (Lipinski definition) is 5. The Balaban J connectivity index is 1.87. The van der Waals surface area contributed by atoms with Crippen LogP contribution in [-0.4, -0.2) is 16.0 Å². The molecule has 0 aliphatic heterocycles. The number of phenols is 1. The Labute approximate surface area is 165 Å². The van der Waals surface area contributed by atoms with Crippen LogP contribution in [0.25, 0.3) is 11.0 Å². The summed E-state index contributed by atoms with van der Waals surface area (Å²) < 4.78 is 19.4. The van der Waals surface area contributed by atoms with Gasteiger partial charge in [0.05, 0.1) is 5.69 Å². The molecule has 4 aromatic rings. The molecule has 1 amide bonds. The maximum Gasteiger partial charge on any atom is 0.262 e. The third kappa shape index (κ3) is 3.98. The van der Waals surface area contributed by atoms with E-state index >= 15 is 0 Å². The average molecular weight is 389 g/mol. The molecule has 7 heteroatoms. The Bertz CT molecular complexity index is 1280. The lowest BCUT2D eigenvalue weighted by molar-refractivity contribution is 0.102. The van der Waals surface area contributed by atoms with Crippen molar-refractivity contribution in [1.82, 2.24) is 4.98 Å². The molecule has 2 aromatic heterocycles. The maximum absolute atomic E-state index is 13.6. The first-order chi connectivity index (χ1) is 14.0. The van der Waals surface area contributed by atoms with Crippen molar-refractivity contribution in [3.63, 3.8) is 0 Å². The predicted octanol–water partition coefficient (Wildman–Crippen LogP) is 4.47. The summed E-state index contributed by atoms with van der Waals surface area (Å²) in [5.41, 5.74) is 1.42. The summed E-state index contributed by atoms with van der Waals surface area (Å²) in [6.45, 7) is 1.62. The number of nitrogens with zero attached hydrogens (tertiary/aromatic N) is 2. The summed E-state index contributed by atoms with van der Waals surface area (Å²) in [6, 6.07) is 15.7. The van der Waals surface area contributed by atoms with E-state index in [2.05, 4.69) is 15.3 Å². The first kappa shape index (κ1) is 18.4. The normalized spacial score (nSPS) is 11.6. The molecule has 29 heavy (non-hydrogen) atoms. The van der Waals surface area contributed by atoms with E-state index in [-0.39, 0.29) is 22.7 Å². The van der Waals surface area contributed by atoms with Crippen LogP contribution >= 0.6 is 0 Å². The Hall–Kier alpha value is -4.00. The van der Waals surface area contributed by atoms with Gasteiger partial charge in [-0.3, -0.25) is 4.79 Å². The van der Waals surface area contributed by atoms with E-state index in [9.17, 15) is 14.3 Å². The lowest BCUT2D eigenvalue weighted by Gasteiger charge is -2.07. The fraction of sp³-hybridized carbons (Fsp3) is 0.0455. The second kappa shape index (κ2) is 7.55. The van der Waals surface area contributed by atoms with Gasteiger partial charge in [0.1, 0.15) is 28.5 Å². The van der Waals surface area contributed by atoms with Gasteiger partial charge >= 0.3 is 0 Å². The highest BCUT2D eigenvalue weighted by Crippen LogP contribution is 2.21. The quantitative estimate of drug-likeness (QED) is 0.541. The van der Waals surface area contributed by atoms with Gasteiger partial charge < -0.3 is 14.8 Å². The summed E-state index contributed by atoms with van der Waals surface area (Å²) in [7, 11) is 0. The van der Waals surface area contributed by atoms with Crippen molar-refractivity contribution in [1.29, 1.82) is 0 Å². The molecule has 2 aromatic carbocycles. The minimum atomic E-state index is -0.458. The third-order valence-corrected chi connectivity index (χ3v) is 4.26. The number of anilines is 1. The molecule has 0 fully saturated rings. The number of halogens is 1. The Morgan fingerprint density at radius 1 is 1.14 bits per heavy atom. The summed E-state index contributed by atoms with van der Waals surface area (Å²) in [5.74, 6) is -0.403. The molecule has 0 saturated heterocycles. The van der Waals surface area contributed by atoms with Gasteiger partial charge in [-0.25, -0.2) is 14.4 Å². The van der Waals surface area contributed by atoms with E-state index in [0.717, 1.165) is 0 Å². The van der Waals surface area contributed by atoms with Crippen molar-refractivity contribution in [3.8, 4) is 5.75 Å². The number of nitrogens with one attached hydrogen (secondary N) is 1. The maximum atomic E-state index is 13.6. The number of carbonyl (C=O) groups is 1. The van der Waals surface area contributed by atoms with E-state index in [0.29, 0.717) is 28.0 Å². The molecule has 0 unspecified atom stereocenters. The topological polar surface area (TPSA) is 87.7 Å². The van der Waals surface area contributed by atoms with Crippen LogP contribution < -0.4 is 10.9 Å². The SMILES string of the molecule is Cc1cc(N=c2oc3cc(O)ccc3cc2C(=O)Nc2ccccn2)ccc1F. The number of phenolic OH excluding ortho intramolecular Hbond substituents is 1. The highest BCUT2D eigenvalue weighted by atomic mass is 19.1. The number of rotatable bonds is 3. The third-order valence-electron chi connectivity index (χ3n) is 4.26. The zero-order valence-corrected chi connectivity index (χ0v) is 15.4. The average Bonchev–Trinajstić information content (AvgIpc) is 2.71. The lowest BCUT2D eigenvalue weighted by atomic mass is 10.1. The van der Waals surface area contributed by atoms with E-state index in [1.165, 1.54) is 24.3 Å². The molecule has 144 valence electrons. The van der Waals surface area contributed by atoms with E-state index in [1.807, 2.05) is 0 Å². The number of fused-ring (bicyclic) bond motifs is 1. The van der Waals surface area contributed by atoms with Crippen molar-refractivity contribution in [2.75, 3.05) is 5.32 Å². The number of pyridine rings is 1. The van der Waals surface area contributed by atoms with Crippen LogP contribution in [0.5, 0.6) is 5.75 Å². The van der Waals surface area contributed by atoms with E-state index in [1.54, 1.807) is 49.5 Å². The van der Waals surface area contributed by atoms with Crippen molar-refractivity contribution in [2.24, 2.45) is 4.99 Å². The number of aromatic hydroxyl groups is 1. The highest BCUT2D eigenvalue weighted by Gasteiger charge is 2.14. The van der Waals surface area contributed by atoms with Gasteiger partial charge in [0, 0.05) is 17.6 Å². The van der Waals surface area contributed by atoms with Crippen molar-refractivity contribution in [3.05, 3.63) is 89.4 Å². The number of benzene rings is 2. The molecule has 2 heterocycles. The number of hydrogen-bond donors (Lipinski definition) is 2. The monoisotopic (exact) mass is 389 g/mol. The highest BCUT2D eigenvalue weighted by molar-refractivity contribution is 6.05. The predicted molar refractivity (Wildman–Crippen MR) is 106 cm³/mol. The van der Waals surface area contributed by atoms with Gasteiger partial charge in [0.2, 0.25) is 5.55 Å². The summed E-state index contributed by atoms with van der Waals surface area (Å²) in [4.78, 5) is 21.4. The summed E-state index contributed by atoms with van der Waals surface area (Å²) >= 11 is 0. The Kier molecular flexibility index (Phi) is 4.78. The smallest absolute Gasteiger partial charge is 0.262 e. The number of aryl methyl sites for hydroxylation is 1. The molecule has 0 atom stereocenters. The first-order valence-corrected chi connectivity index (χ1v) is 8.80. The second-order valence-electron chi connectivity index (χ2n) is 6.40. The van der Waals surface area contributed by atoms with Crippen LogP contribution in [0.3, 0.4) is 0 Å². The minimum Gasteiger partial charge on any atom is -0.508 e. The van der Waals surface area contributed by atoms with Crippen LogP contribution in [0.1, 0.15) is 15.9 Å². The van der Waals surface area contributed by atoms with Crippen molar-refractivity contribution < 1.29 is 18.7 Å².